The fourth-order valence-electron chi connectivity index (χ4n) is 2.27. The molecule has 21 heavy (non-hydrogen) atoms. The lowest BCUT2D eigenvalue weighted by atomic mass is 10.1. The van der Waals surface area contributed by atoms with Gasteiger partial charge < -0.3 is 0 Å². The third kappa shape index (κ3) is 3.10. The fraction of sp³-hybridized carbons (Fsp3) is 0.118. The van der Waals surface area contributed by atoms with Gasteiger partial charge >= 0.3 is 0 Å². The van der Waals surface area contributed by atoms with Crippen molar-refractivity contribution in [1.29, 1.82) is 0 Å². The standard InChI is InChI=1S/C17H12BrF2N/c18-15(14-9-12(19)6-8-16(14)20)10-13-7-5-11-3-1-2-4-17(11)21-13/h1-9,15H,10H2. The number of pyridine rings is 1. The van der Waals surface area contributed by atoms with E-state index in [1.807, 2.05) is 36.4 Å². The first-order chi connectivity index (χ1) is 10.1. The lowest BCUT2D eigenvalue weighted by molar-refractivity contribution is 0.583. The smallest absolute Gasteiger partial charge is 0.127 e. The van der Waals surface area contributed by atoms with Gasteiger partial charge in [-0.2, -0.15) is 0 Å². The summed E-state index contributed by atoms with van der Waals surface area (Å²) in [4.78, 5) is 4.23. The summed E-state index contributed by atoms with van der Waals surface area (Å²) in [5, 5.41) is 1.06. The molecule has 3 aromatic rings. The Morgan fingerprint density at radius 1 is 1.00 bits per heavy atom. The van der Waals surface area contributed by atoms with Gasteiger partial charge in [0.25, 0.3) is 0 Å². The Bertz CT molecular complexity index is 789. The molecule has 0 fully saturated rings. The number of hydrogen-bond acceptors (Lipinski definition) is 1. The molecule has 0 saturated heterocycles. The number of fused-ring (bicyclic) bond motifs is 1. The van der Waals surface area contributed by atoms with E-state index in [1.54, 1.807) is 0 Å². The van der Waals surface area contributed by atoms with Crippen molar-refractivity contribution < 1.29 is 8.78 Å². The lowest BCUT2D eigenvalue weighted by Gasteiger charge is -2.11. The summed E-state index contributed by atoms with van der Waals surface area (Å²) >= 11 is 3.43. The summed E-state index contributed by atoms with van der Waals surface area (Å²) in [6.45, 7) is 0. The molecular formula is C17H12BrF2N. The van der Waals surface area contributed by atoms with Gasteiger partial charge in [0.2, 0.25) is 0 Å². The molecule has 1 heterocycles. The monoisotopic (exact) mass is 347 g/mol. The Morgan fingerprint density at radius 2 is 1.81 bits per heavy atom. The SMILES string of the molecule is Fc1ccc(F)c(C(Br)Cc2ccc3ccccc3n2)c1. The first kappa shape index (κ1) is 14.1. The number of nitrogens with zero attached hydrogens (tertiary/aromatic N) is 1. The Morgan fingerprint density at radius 3 is 2.67 bits per heavy atom. The Kier molecular flexibility index (Phi) is 3.97. The van der Waals surface area contributed by atoms with E-state index in [9.17, 15) is 8.78 Å². The van der Waals surface area contributed by atoms with Gasteiger partial charge in [0.1, 0.15) is 11.6 Å². The summed E-state index contributed by atoms with van der Waals surface area (Å²) in [6.07, 6.45) is 0.491. The van der Waals surface area contributed by atoms with Crippen LogP contribution in [0.15, 0.2) is 54.6 Å². The van der Waals surface area contributed by atoms with Gasteiger partial charge in [0, 0.05) is 27.9 Å². The van der Waals surface area contributed by atoms with Gasteiger partial charge in [-0.25, -0.2) is 8.78 Å². The maximum absolute atomic E-state index is 13.8. The Hall–Kier alpha value is -1.81. The van der Waals surface area contributed by atoms with E-state index < -0.39 is 11.6 Å². The van der Waals surface area contributed by atoms with E-state index in [0.29, 0.717) is 12.0 Å². The molecule has 0 amide bonds. The zero-order valence-electron chi connectivity index (χ0n) is 11.1. The van der Waals surface area contributed by atoms with Crippen molar-refractivity contribution in [3.05, 3.63) is 77.5 Å². The van der Waals surface area contributed by atoms with E-state index in [0.717, 1.165) is 28.7 Å². The summed E-state index contributed by atoms with van der Waals surface area (Å²) in [5.41, 5.74) is 2.04. The van der Waals surface area contributed by atoms with Crippen LogP contribution in [0.3, 0.4) is 0 Å². The van der Waals surface area contributed by atoms with E-state index in [4.69, 9.17) is 0 Å². The van der Waals surface area contributed by atoms with Gasteiger partial charge in [0.05, 0.1) is 5.52 Å². The molecule has 0 N–H and O–H groups in total. The zero-order chi connectivity index (χ0) is 14.8. The molecule has 0 aliphatic carbocycles. The van der Waals surface area contributed by atoms with Gasteiger partial charge in [-0.05, 0) is 30.3 Å². The van der Waals surface area contributed by atoms with Gasteiger partial charge in [-0.3, -0.25) is 4.98 Å². The number of hydrogen-bond donors (Lipinski definition) is 0. The lowest BCUT2D eigenvalue weighted by Crippen LogP contribution is -2.01. The second kappa shape index (κ2) is 5.90. The van der Waals surface area contributed by atoms with E-state index in [2.05, 4.69) is 20.9 Å². The molecule has 2 aromatic carbocycles. The van der Waals surface area contributed by atoms with Crippen LogP contribution in [0.5, 0.6) is 0 Å². The third-order valence-corrected chi connectivity index (χ3v) is 4.16. The van der Waals surface area contributed by atoms with Gasteiger partial charge in [-0.15, -0.1) is 0 Å². The minimum absolute atomic E-state index is 0.310. The molecule has 0 aliphatic rings. The van der Waals surface area contributed by atoms with Crippen molar-refractivity contribution in [2.75, 3.05) is 0 Å². The molecule has 0 saturated carbocycles. The minimum Gasteiger partial charge on any atom is -0.253 e. The third-order valence-electron chi connectivity index (χ3n) is 3.34. The van der Waals surface area contributed by atoms with Crippen LogP contribution in [0, 0.1) is 11.6 Å². The average molecular weight is 348 g/mol. The molecule has 1 atom stereocenters. The molecule has 106 valence electrons. The molecule has 0 bridgehead atoms. The number of rotatable bonds is 3. The first-order valence-corrected chi connectivity index (χ1v) is 7.49. The Balaban J connectivity index is 1.88. The molecule has 4 heteroatoms. The number of para-hydroxylation sites is 1. The van der Waals surface area contributed by atoms with E-state index in [1.165, 1.54) is 6.07 Å². The molecule has 0 spiro atoms. The van der Waals surface area contributed by atoms with Crippen molar-refractivity contribution in [2.24, 2.45) is 0 Å². The van der Waals surface area contributed by atoms with Crippen LogP contribution in [0.2, 0.25) is 0 Å². The molecule has 0 radical (unpaired) electrons. The van der Waals surface area contributed by atoms with Crippen LogP contribution in [0.1, 0.15) is 16.1 Å². The number of benzene rings is 2. The van der Waals surface area contributed by atoms with Crippen molar-refractivity contribution in [3.63, 3.8) is 0 Å². The number of aromatic nitrogens is 1. The highest BCUT2D eigenvalue weighted by Gasteiger charge is 2.15. The van der Waals surface area contributed by atoms with Gasteiger partial charge in [0.15, 0.2) is 0 Å². The molecule has 3 rings (SSSR count). The molecule has 1 unspecified atom stereocenters. The predicted molar refractivity (Wildman–Crippen MR) is 83.5 cm³/mol. The first-order valence-electron chi connectivity index (χ1n) is 6.57. The second-order valence-electron chi connectivity index (χ2n) is 4.83. The molecule has 0 aliphatic heterocycles. The number of halogens is 3. The summed E-state index contributed by atoms with van der Waals surface area (Å²) in [7, 11) is 0. The molecule has 1 nitrogen and oxygen atoms in total. The maximum Gasteiger partial charge on any atom is 0.127 e. The normalized spacial score (nSPS) is 12.5. The minimum atomic E-state index is -0.442. The zero-order valence-corrected chi connectivity index (χ0v) is 12.6. The summed E-state index contributed by atoms with van der Waals surface area (Å²) < 4.78 is 27.0. The van der Waals surface area contributed by atoms with Gasteiger partial charge in [-0.1, -0.05) is 40.2 Å². The van der Waals surface area contributed by atoms with Crippen molar-refractivity contribution in [3.8, 4) is 0 Å². The van der Waals surface area contributed by atoms with E-state index in [-0.39, 0.29) is 4.83 Å². The molecule has 1 aromatic heterocycles. The number of alkyl halides is 1. The van der Waals surface area contributed by atoms with Crippen LogP contribution in [0.25, 0.3) is 10.9 Å². The topological polar surface area (TPSA) is 12.9 Å². The highest BCUT2D eigenvalue weighted by molar-refractivity contribution is 9.09. The van der Waals surface area contributed by atoms with Crippen LogP contribution < -0.4 is 0 Å². The average Bonchev–Trinajstić information content (AvgIpc) is 2.49. The predicted octanol–water partition coefficient (Wildman–Crippen LogP) is 5.19. The van der Waals surface area contributed by atoms with Crippen molar-refractivity contribution in [1.82, 2.24) is 4.98 Å². The molecular weight excluding hydrogens is 336 g/mol. The van der Waals surface area contributed by atoms with Crippen molar-refractivity contribution in [2.45, 2.75) is 11.2 Å². The highest BCUT2D eigenvalue weighted by Crippen LogP contribution is 2.29. The highest BCUT2D eigenvalue weighted by atomic mass is 79.9. The second-order valence-corrected chi connectivity index (χ2v) is 5.94. The van der Waals surface area contributed by atoms with Crippen LogP contribution in [-0.4, -0.2) is 4.98 Å². The maximum atomic E-state index is 13.8. The van der Waals surface area contributed by atoms with E-state index >= 15 is 0 Å². The van der Waals surface area contributed by atoms with Crippen molar-refractivity contribution >= 4 is 26.8 Å². The van der Waals surface area contributed by atoms with Crippen LogP contribution in [-0.2, 0) is 6.42 Å². The quantitative estimate of drug-likeness (QED) is 0.594. The summed E-state index contributed by atoms with van der Waals surface area (Å²) in [5.74, 6) is -0.860. The summed E-state index contributed by atoms with van der Waals surface area (Å²) in [6, 6.07) is 15.2. The Labute approximate surface area is 129 Å². The largest absolute Gasteiger partial charge is 0.253 e. The fourth-order valence-corrected chi connectivity index (χ4v) is 2.95. The van der Waals surface area contributed by atoms with Crippen LogP contribution in [0.4, 0.5) is 8.78 Å². The van der Waals surface area contributed by atoms with Crippen LogP contribution >= 0.6 is 15.9 Å².